The quantitative estimate of drug-likeness (QED) is 0.716. The molecule has 1 heterocycles. The molecule has 2 nitrogen and oxygen atoms in total. The molecule has 1 aromatic rings. The van der Waals surface area contributed by atoms with E-state index in [1.54, 1.807) is 0 Å². The van der Waals surface area contributed by atoms with Crippen molar-refractivity contribution in [3.05, 3.63) is 47.5 Å². The van der Waals surface area contributed by atoms with Crippen molar-refractivity contribution in [2.75, 3.05) is 0 Å². The van der Waals surface area contributed by atoms with Crippen LogP contribution >= 0.6 is 0 Å². The van der Waals surface area contributed by atoms with Crippen molar-refractivity contribution >= 4 is 15.2 Å². The van der Waals surface area contributed by atoms with Crippen LogP contribution in [0.3, 0.4) is 0 Å². The van der Waals surface area contributed by atoms with Crippen LogP contribution in [0.2, 0.25) is 25.2 Å². The summed E-state index contributed by atoms with van der Waals surface area (Å²) in [6, 6.07) is 6.31. The molecule has 0 amide bonds. The zero-order valence-electron chi connectivity index (χ0n) is 14.4. The van der Waals surface area contributed by atoms with Crippen LogP contribution in [0.1, 0.15) is 26.3 Å². The van der Waals surface area contributed by atoms with Gasteiger partial charge in [0.1, 0.15) is 11.5 Å². The van der Waals surface area contributed by atoms with Crippen molar-refractivity contribution < 1.29 is 9.31 Å². The minimum atomic E-state index is -1.31. The zero-order valence-corrected chi connectivity index (χ0v) is 15.4. The first-order valence-electron chi connectivity index (χ1n) is 8.02. The smallest absolute Gasteiger partial charge is 0.519 e. The summed E-state index contributed by atoms with van der Waals surface area (Å²) >= 11 is 0. The van der Waals surface area contributed by atoms with Gasteiger partial charge in [0.2, 0.25) is 0 Å². The first kappa shape index (κ1) is 15.5. The number of hydrogen-bond acceptors (Lipinski definition) is 2. The summed E-state index contributed by atoms with van der Waals surface area (Å²) in [5.41, 5.74) is 3.16. The third-order valence-corrected chi connectivity index (χ3v) is 6.83. The summed E-state index contributed by atoms with van der Waals surface area (Å²) in [6.07, 6.45) is 6.62. The fraction of sp³-hybridized carbons (Fsp3) is 0.444. The van der Waals surface area contributed by atoms with E-state index in [4.69, 9.17) is 9.31 Å². The molecule has 1 atom stereocenters. The molecule has 0 fully saturated rings. The molecule has 3 rings (SSSR count). The normalized spacial score (nSPS) is 20.5. The summed E-state index contributed by atoms with van der Waals surface area (Å²) in [4.78, 5) is 0. The predicted octanol–water partition coefficient (Wildman–Crippen LogP) is 4.99. The van der Waals surface area contributed by atoms with E-state index in [1.807, 2.05) is 6.07 Å². The Labute approximate surface area is 135 Å². The lowest BCUT2D eigenvalue weighted by molar-refractivity contribution is 0.509. The minimum Gasteiger partial charge on any atom is -0.519 e. The SMILES string of the molecule is CC(C)(C)c1ccc2c(c1)OB(C1=CC=CC1[Si](C)(C)C)O2. The fourth-order valence-corrected chi connectivity index (χ4v) is 4.98. The Balaban J connectivity index is 1.84. The van der Waals surface area contributed by atoms with E-state index in [0.29, 0.717) is 5.54 Å². The molecule has 22 heavy (non-hydrogen) atoms. The standard InChI is InChI=1S/C18H25BO2Si/c1-18(2,3)13-10-11-15-16(12-13)21-19(20-15)14-8-7-9-17(14)22(4,5)6/h7-12,17H,1-6H3. The minimum absolute atomic E-state index is 0.117. The lowest BCUT2D eigenvalue weighted by atomic mass is 9.77. The van der Waals surface area contributed by atoms with Gasteiger partial charge in [0.25, 0.3) is 0 Å². The van der Waals surface area contributed by atoms with E-state index in [1.165, 1.54) is 11.0 Å². The molecule has 0 spiro atoms. The Morgan fingerprint density at radius 3 is 2.36 bits per heavy atom. The zero-order chi connectivity index (χ0) is 16.1. The van der Waals surface area contributed by atoms with Crippen LogP contribution in [-0.4, -0.2) is 15.2 Å². The Morgan fingerprint density at radius 2 is 1.73 bits per heavy atom. The summed E-state index contributed by atoms with van der Waals surface area (Å²) in [7, 11) is -1.58. The van der Waals surface area contributed by atoms with Crippen LogP contribution < -0.4 is 9.31 Å². The second-order valence-corrected chi connectivity index (χ2v) is 13.7. The van der Waals surface area contributed by atoms with Gasteiger partial charge < -0.3 is 9.31 Å². The molecule has 116 valence electrons. The van der Waals surface area contributed by atoms with E-state index in [-0.39, 0.29) is 12.5 Å². The molecule has 0 aromatic heterocycles. The van der Waals surface area contributed by atoms with Crippen molar-refractivity contribution in [3.63, 3.8) is 0 Å². The first-order chi connectivity index (χ1) is 10.2. The lowest BCUT2D eigenvalue weighted by Crippen LogP contribution is -2.36. The highest BCUT2D eigenvalue weighted by molar-refractivity contribution is 6.81. The van der Waals surface area contributed by atoms with Crippen LogP contribution in [0.4, 0.5) is 0 Å². The lowest BCUT2D eigenvalue weighted by Gasteiger charge is -2.26. The average molecular weight is 312 g/mol. The van der Waals surface area contributed by atoms with Crippen LogP contribution in [0, 0.1) is 0 Å². The monoisotopic (exact) mass is 312 g/mol. The van der Waals surface area contributed by atoms with Gasteiger partial charge in [-0.3, -0.25) is 0 Å². The Morgan fingerprint density at radius 1 is 1.05 bits per heavy atom. The molecule has 1 aromatic carbocycles. The molecule has 0 saturated carbocycles. The van der Waals surface area contributed by atoms with Gasteiger partial charge in [-0.05, 0) is 34.1 Å². The summed E-state index contributed by atoms with van der Waals surface area (Å²) < 4.78 is 12.2. The van der Waals surface area contributed by atoms with Crippen LogP contribution in [0.25, 0.3) is 0 Å². The molecule has 0 saturated heterocycles. The molecule has 1 aliphatic heterocycles. The van der Waals surface area contributed by atoms with Gasteiger partial charge in [-0.15, -0.1) is 0 Å². The van der Waals surface area contributed by atoms with Crippen LogP contribution in [0.5, 0.6) is 11.5 Å². The van der Waals surface area contributed by atoms with Gasteiger partial charge in [-0.25, -0.2) is 0 Å². The van der Waals surface area contributed by atoms with Crippen molar-refractivity contribution in [1.82, 2.24) is 0 Å². The van der Waals surface area contributed by atoms with Gasteiger partial charge >= 0.3 is 7.12 Å². The molecule has 4 heteroatoms. The van der Waals surface area contributed by atoms with Crippen LogP contribution in [0.15, 0.2) is 41.9 Å². The van der Waals surface area contributed by atoms with Gasteiger partial charge in [-0.2, -0.15) is 0 Å². The Kier molecular flexibility index (Phi) is 3.55. The third-order valence-electron chi connectivity index (χ3n) is 4.43. The van der Waals surface area contributed by atoms with E-state index < -0.39 is 8.07 Å². The second-order valence-electron chi connectivity index (χ2n) is 8.37. The van der Waals surface area contributed by atoms with Gasteiger partial charge in [-0.1, -0.05) is 64.7 Å². The van der Waals surface area contributed by atoms with Crippen molar-refractivity contribution in [1.29, 1.82) is 0 Å². The molecule has 2 aliphatic rings. The molecular formula is C18H25BO2Si. The highest BCUT2D eigenvalue weighted by atomic mass is 28.3. The van der Waals surface area contributed by atoms with Crippen molar-refractivity contribution in [3.8, 4) is 11.5 Å². The maximum absolute atomic E-state index is 6.14. The molecular weight excluding hydrogens is 287 g/mol. The van der Waals surface area contributed by atoms with E-state index >= 15 is 0 Å². The maximum Gasteiger partial charge on any atom is 0.628 e. The van der Waals surface area contributed by atoms with Crippen LogP contribution in [-0.2, 0) is 5.41 Å². The average Bonchev–Trinajstić information content (AvgIpc) is 3.02. The topological polar surface area (TPSA) is 18.5 Å². The highest BCUT2D eigenvalue weighted by Gasteiger charge is 2.44. The molecule has 0 N–H and O–H groups in total. The van der Waals surface area contributed by atoms with Gasteiger partial charge in [0.15, 0.2) is 0 Å². The second kappa shape index (κ2) is 5.05. The number of hydrogen-bond donors (Lipinski definition) is 0. The Bertz CT molecular complexity index is 650. The molecule has 1 aliphatic carbocycles. The van der Waals surface area contributed by atoms with Crippen molar-refractivity contribution in [2.45, 2.75) is 51.4 Å². The summed E-state index contributed by atoms with van der Waals surface area (Å²) in [5, 5.41) is 0. The van der Waals surface area contributed by atoms with E-state index in [0.717, 1.165) is 11.5 Å². The summed E-state index contributed by atoms with van der Waals surface area (Å²) in [5.74, 6) is 1.74. The number of fused-ring (bicyclic) bond motifs is 1. The van der Waals surface area contributed by atoms with E-state index in [9.17, 15) is 0 Å². The molecule has 0 radical (unpaired) electrons. The number of benzene rings is 1. The maximum atomic E-state index is 6.14. The van der Waals surface area contributed by atoms with Crippen molar-refractivity contribution in [2.24, 2.45) is 0 Å². The largest absolute Gasteiger partial charge is 0.628 e. The fourth-order valence-electron chi connectivity index (χ4n) is 3.06. The third kappa shape index (κ3) is 2.76. The first-order valence-corrected chi connectivity index (χ1v) is 11.6. The molecule has 0 bridgehead atoms. The van der Waals surface area contributed by atoms with E-state index in [2.05, 4.69) is 70.8 Å². The number of allylic oxidation sites excluding steroid dienone is 4. The summed E-state index contributed by atoms with van der Waals surface area (Å²) in [6.45, 7) is 13.8. The highest BCUT2D eigenvalue weighted by Crippen LogP contribution is 2.43. The predicted molar refractivity (Wildman–Crippen MR) is 96.5 cm³/mol. The van der Waals surface area contributed by atoms with Gasteiger partial charge in [0, 0.05) is 0 Å². The molecule has 1 unspecified atom stereocenters. The Hall–Kier alpha value is -1.42. The van der Waals surface area contributed by atoms with Gasteiger partial charge in [0.05, 0.1) is 8.07 Å². The number of rotatable bonds is 2.